The zero-order valence-corrected chi connectivity index (χ0v) is 12.4. The lowest BCUT2D eigenvalue weighted by Gasteiger charge is -2.27. The summed E-state index contributed by atoms with van der Waals surface area (Å²) in [5, 5.41) is 1.15. The Morgan fingerprint density at radius 2 is 2.10 bits per heavy atom. The molecule has 1 atom stereocenters. The number of hydrogen-bond acceptors (Lipinski definition) is 1. The van der Waals surface area contributed by atoms with E-state index in [1.165, 1.54) is 0 Å². The number of nitrogens with zero attached hydrogens (tertiary/aromatic N) is 1. The van der Waals surface area contributed by atoms with Gasteiger partial charge in [0.25, 0.3) is 5.91 Å². The Morgan fingerprint density at radius 3 is 2.80 bits per heavy atom. The zero-order chi connectivity index (χ0) is 14.3. The SMILES string of the molecule is CC(C)(C)C1CCN(C(=O)c2ccc3cc[nH]c3c2)C1. The highest BCUT2D eigenvalue weighted by Gasteiger charge is 2.34. The summed E-state index contributed by atoms with van der Waals surface area (Å²) in [5.41, 5.74) is 2.09. The Morgan fingerprint density at radius 1 is 1.30 bits per heavy atom. The van der Waals surface area contributed by atoms with Gasteiger partial charge in [-0.3, -0.25) is 4.79 Å². The Balaban J connectivity index is 1.79. The molecule has 2 heterocycles. The van der Waals surface area contributed by atoms with Crippen LogP contribution in [0.2, 0.25) is 0 Å². The maximum Gasteiger partial charge on any atom is 0.253 e. The largest absolute Gasteiger partial charge is 0.361 e. The van der Waals surface area contributed by atoms with E-state index in [9.17, 15) is 4.79 Å². The molecule has 0 saturated carbocycles. The predicted molar refractivity (Wildman–Crippen MR) is 81.8 cm³/mol. The lowest BCUT2D eigenvalue weighted by molar-refractivity contribution is 0.0776. The minimum Gasteiger partial charge on any atom is -0.361 e. The van der Waals surface area contributed by atoms with Crippen LogP contribution >= 0.6 is 0 Å². The fourth-order valence-corrected chi connectivity index (χ4v) is 3.02. The normalized spacial score (nSPS) is 19.8. The summed E-state index contributed by atoms with van der Waals surface area (Å²) < 4.78 is 0. The topological polar surface area (TPSA) is 36.1 Å². The van der Waals surface area contributed by atoms with Crippen molar-refractivity contribution < 1.29 is 4.79 Å². The molecule has 1 N–H and O–H groups in total. The van der Waals surface area contributed by atoms with Crippen molar-refractivity contribution >= 4 is 16.8 Å². The second-order valence-corrected chi connectivity index (χ2v) is 6.88. The molecule has 0 bridgehead atoms. The minimum absolute atomic E-state index is 0.160. The van der Waals surface area contributed by atoms with Crippen LogP contribution in [0.25, 0.3) is 10.9 Å². The lowest BCUT2D eigenvalue weighted by atomic mass is 9.80. The van der Waals surface area contributed by atoms with Gasteiger partial charge in [-0.1, -0.05) is 26.8 Å². The van der Waals surface area contributed by atoms with Crippen molar-refractivity contribution in [1.82, 2.24) is 9.88 Å². The number of rotatable bonds is 1. The van der Waals surface area contributed by atoms with Crippen LogP contribution in [0.15, 0.2) is 30.5 Å². The molecule has 1 unspecified atom stereocenters. The summed E-state index contributed by atoms with van der Waals surface area (Å²) >= 11 is 0. The number of aromatic nitrogens is 1. The van der Waals surface area contributed by atoms with Crippen molar-refractivity contribution in [3.05, 3.63) is 36.0 Å². The molecule has 3 rings (SSSR count). The third-order valence-electron chi connectivity index (χ3n) is 4.50. The van der Waals surface area contributed by atoms with Gasteiger partial charge in [-0.05, 0) is 41.3 Å². The van der Waals surface area contributed by atoms with E-state index in [0.717, 1.165) is 36.0 Å². The molecule has 3 heteroatoms. The second kappa shape index (κ2) is 4.65. The number of carbonyl (C=O) groups excluding carboxylic acids is 1. The van der Waals surface area contributed by atoms with Crippen molar-refractivity contribution in [2.75, 3.05) is 13.1 Å². The molecular weight excluding hydrogens is 248 g/mol. The smallest absolute Gasteiger partial charge is 0.253 e. The number of hydrogen-bond donors (Lipinski definition) is 1. The molecule has 0 spiro atoms. The summed E-state index contributed by atoms with van der Waals surface area (Å²) in [4.78, 5) is 17.8. The monoisotopic (exact) mass is 270 g/mol. The highest BCUT2D eigenvalue weighted by atomic mass is 16.2. The average molecular weight is 270 g/mol. The predicted octanol–water partition coefficient (Wildman–Crippen LogP) is 3.68. The van der Waals surface area contributed by atoms with Gasteiger partial charge in [0.2, 0.25) is 0 Å². The first-order valence-corrected chi connectivity index (χ1v) is 7.31. The maximum atomic E-state index is 12.6. The fourth-order valence-electron chi connectivity index (χ4n) is 3.02. The van der Waals surface area contributed by atoms with Crippen LogP contribution in [-0.4, -0.2) is 28.9 Å². The number of amides is 1. The number of H-pyrrole nitrogens is 1. The first-order valence-electron chi connectivity index (χ1n) is 7.31. The fraction of sp³-hybridized carbons (Fsp3) is 0.471. The summed E-state index contributed by atoms with van der Waals surface area (Å²) in [5.74, 6) is 0.758. The van der Waals surface area contributed by atoms with Gasteiger partial charge in [0.1, 0.15) is 0 Å². The second-order valence-electron chi connectivity index (χ2n) is 6.88. The van der Waals surface area contributed by atoms with Gasteiger partial charge in [-0.2, -0.15) is 0 Å². The van der Waals surface area contributed by atoms with Crippen molar-refractivity contribution in [2.45, 2.75) is 27.2 Å². The van der Waals surface area contributed by atoms with Crippen molar-refractivity contribution in [3.8, 4) is 0 Å². The molecule has 3 nitrogen and oxygen atoms in total. The average Bonchev–Trinajstić information content (AvgIpc) is 3.05. The minimum atomic E-state index is 0.160. The number of fused-ring (bicyclic) bond motifs is 1. The van der Waals surface area contributed by atoms with E-state index in [1.807, 2.05) is 35.4 Å². The third-order valence-corrected chi connectivity index (χ3v) is 4.50. The van der Waals surface area contributed by atoms with Gasteiger partial charge < -0.3 is 9.88 Å². The Kier molecular flexibility index (Phi) is 3.08. The van der Waals surface area contributed by atoms with E-state index >= 15 is 0 Å². The number of nitrogens with one attached hydrogen (secondary N) is 1. The summed E-state index contributed by atoms with van der Waals surface area (Å²) in [6.07, 6.45) is 3.02. The summed E-state index contributed by atoms with van der Waals surface area (Å²) in [7, 11) is 0. The van der Waals surface area contributed by atoms with Gasteiger partial charge in [0.05, 0.1) is 0 Å². The van der Waals surface area contributed by atoms with E-state index < -0.39 is 0 Å². The van der Waals surface area contributed by atoms with Crippen molar-refractivity contribution in [3.63, 3.8) is 0 Å². The lowest BCUT2D eigenvalue weighted by Crippen LogP contribution is -2.31. The molecular formula is C17H22N2O. The van der Waals surface area contributed by atoms with Crippen molar-refractivity contribution in [2.24, 2.45) is 11.3 Å². The van der Waals surface area contributed by atoms with Gasteiger partial charge >= 0.3 is 0 Å². The quantitative estimate of drug-likeness (QED) is 0.843. The van der Waals surface area contributed by atoms with Crippen LogP contribution in [-0.2, 0) is 0 Å². The van der Waals surface area contributed by atoms with Crippen molar-refractivity contribution in [1.29, 1.82) is 0 Å². The molecule has 0 aliphatic carbocycles. The molecule has 1 saturated heterocycles. The van der Waals surface area contributed by atoms with E-state index in [2.05, 4.69) is 25.8 Å². The number of benzene rings is 1. The van der Waals surface area contributed by atoms with E-state index in [4.69, 9.17) is 0 Å². The van der Waals surface area contributed by atoms with Gasteiger partial charge in [-0.15, -0.1) is 0 Å². The van der Waals surface area contributed by atoms with Crippen LogP contribution in [0.5, 0.6) is 0 Å². The summed E-state index contributed by atoms with van der Waals surface area (Å²) in [6, 6.07) is 7.93. The molecule has 20 heavy (non-hydrogen) atoms. The van der Waals surface area contributed by atoms with Gasteiger partial charge in [0, 0.05) is 30.4 Å². The molecule has 1 aromatic carbocycles. The molecule has 1 aliphatic rings. The van der Waals surface area contributed by atoms with E-state index in [0.29, 0.717) is 5.92 Å². The van der Waals surface area contributed by atoms with Gasteiger partial charge in [-0.25, -0.2) is 0 Å². The number of aromatic amines is 1. The molecule has 1 aliphatic heterocycles. The van der Waals surface area contributed by atoms with E-state index in [1.54, 1.807) is 0 Å². The zero-order valence-electron chi connectivity index (χ0n) is 12.4. The van der Waals surface area contributed by atoms with Crippen LogP contribution in [0, 0.1) is 11.3 Å². The third kappa shape index (κ3) is 2.33. The summed E-state index contributed by atoms with van der Waals surface area (Å²) in [6.45, 7) is 8.54. The highest BCUT2D eigenvalue weighted by molar-refractivity contribution is 5.98. The first kappa shape index (κ1) is 13.2. The molecule has 0 radical (unpaired) electrons. The molecule has 2 aromatic rings. The molecule has 1 amide bonds. The van der Waals surface area contributed by atoms with Crippen LogP contribution < -0.4 is 0 Å². The number of likely N-dealkylation sites (tertiary alicyclic amines) is 1. The molecule has 1 fully saturated rings. The van der Waals surface area contributed by atoms with E-state index in [-0.39, 0.29) is 11.3 Å². The maximum absolute atomic E-state index is 12.6. The Bertz CT molecular complexity index is 636. The first-order chi connectivity index (χ1) is 9.45. The van der Waals surface area contributed by atoms with Crippen LogP contribution in [0.4, 0.5) is 0 Å². The molecule has 1 aromatic heterocycles. The Labute approximate surface area is 120 Å². The number of carbonyl (C=O) groups is 1. The Hall–Kier alpha value is -1.77. The molecule has 106 valence electrons. The van der Waals surface area contributed by atoms with Crippen LogP contribution in [0.1, 0.15) is 37.6 Å². The van der Waals surface area contributed by atoms with Crippen LogP contribution in [0.3, 0.4) is 0 Å². The highest BCUT2D eigenvalue weighted by Crippen LogP contribution is 2.34. The van der Waals surface area contributed by atoms with Gasteiger partial charge in [0.15, 0.2) is 0 Å². The standard InChI is InChI=1S/C17H22N2O/c1-17(2,3)14-7-9-19(11-14)16(20)13-5-4-12-6-8-18-15(12)10-13/h4-6,8,10,14,18H,7,9,11H2,1-3H3.